The zero-order chi connectivity index (χ0) is 12.8. The Morgan fingerprint density at radius 2 is 2.18 bits per heavy atom. The molecule has 94 valence electrons. The molecular formula is C12H15BrO4. The first-order valence-electron chi connectivity index (χ1n) is 5.18. The lowest BCUT2D eigenvalue weighted by atomic mass is 10.1. The number of halogens is 1. The Labute approximate surface area is 109 Å². The monoisotopic (exact) mass is 302 g/mol. The number of benzene rings is 1. The summed E-state index contributed by atoms with van der Waals surface area (Å²) in [5.41, 5.74) is 1.61. The number of methoxy groups -OCH3 is 1. The quantitative estimate of drug-likeness (QED) is 0.847. The van der Waals surface area contributed by atoms with E-state index < -0.39 is 0 Å². The summed E-state index contributed by atoms with van der Waals surface area (Å²) in [6.07, 6.45) is 0.191. The highest BCUT2D eigenvalue weighted by Gasteiger charge is 2.09. The summed E-state index contributed by atoms with van der Waals surface area (Å²) >= 11 is 3.35. The second-order valence-electron chi connectivity index (χ2n) is 3.54. The number of aryl methyl sites for hydroxylation is 1. The highest BCUT2D eigenvalue weighted by molar-refractivity contribution is 9.10. The maximum atomic E-state index is 10.9. The number of esters is 1. The van der Waals surface area contributed by atoms with E-state index in [-0.39, 0.29) is 25.6 Å². The van der Waals surface area contributed by atoms with Crippen LogP contribution >= 0.6 is 15.9 Å². The molecule has 0 radical (unpaired) electrons. The summed E-state index contributed by atoms with van der Waals surface area (Å²) in [7, 11) is 1.34. The summed E-state index contributed by atoms with van der Waals surface area (Å²) in [6, 6.07) is 3.69. The molecule has 0 unspecified atom stereocenters. The molecule has 1 N–H and O–H groups in total. The third kappa shape index (κ3) is 4.02. The van der Waals surface area contributed by atoms with Gasteiger partial charge in [-0.15, -0.1) is 0 Å². The molecule has 0 fully saturated rings. The number of carbonyl (C=O) groups excluding carboxylic acids is 1. The third-order valence-corrected chi connectivity index (χ3v) is 2.72. The Morgan fingerprint density at radius 3 is 2.76 bits per heavy atom. The van der Waals surface area contributed by atoms with Gasteiger partial charge in [-0.1, -0.05) is 15.9 Å². The number of aliphatic hydroxyl groups excluding tert-OH is 1. The predicted molar refractivity (Wildman–Crippen MR) is 66.9 cm³/mol. The molecule has 0 saturated carbocycles. The van der Waals surface area contributed by atoms with Crippen LogP contribution in [0.4, 0.5) is 0 Å². The van der Waals surface area contributed by atoms with E-state index in [4.69, 9.17) is 4.74 Å². The van der Waals surface area contributed by atoms with E-state index in [1.165, 1.54) is 7.11 Å². The van der Waals surface area contributed by atoms with Crippen molar-refractivity contribution in [1.82, 2.24) is 0 Å². The zero-order valence-electron chi connectivity index (χ0n) is 9.83. The van der Waals surface area contributed by atoms with Crippen LogP contribution < -0.4 is 4.74 Å². The lowest BCUT2D eigenvalue weighted by Crippen LogP contribution is -2.09. The smallest absolute Gasteiger partial charge is 0.308 e. The van der Waals surface area contributed by atoms with E-state index in [0.29, 0.717) is 11.3 Å². The second kappa shape index (κ2) is 6.61. The molecule has 1 aromatic carbocycles. The van der Waals surface area contributed by atoms with E-state index >= 15 is 0 Å². The van der Waals surface area contributed by atoms with E-state index in [1.54, 1.807) is 6.07 Å². The Balaban J connectivity index is 2.73. The van der Waals surface area contributed by atoms with Crippen molar-refractivity contribution >= 4 is 21.9 Å². The van der Waals surface area contributed by atoms with Crippen molar-refractivity contribution in [3.63, 3.8) is 0 Å². The Hall–Kier alpha value is -1.07. The molecule has 0 heterocycles. The van der Waals surface area contributed by atoms with Crippen molar-refractivity contribution in [3.8, 4) is 5.75 Å². The van der Waals surface area contributed by atoms with Crippen LogP contribution in [-0.4, -0.2) is 24.8 Å². The van der Waals surface area contributed by atoms with Crippen molar-refractivity contribution in [3.05, 3.63) is 27.7 Å². The molecule has 0 spiro atoms. The number of hydrogen-bond acceptors (Lipinski definition) is 4. The van der Waals surface area contributed by atoms with Crippen LogP contribution in [0.15, 0.2) is 16.6 Å². The Kier molecular flexibility index (Phi) is 5.44. The molecule has 1 aromatic rings. The van der Waals surface area contributed by atoms with E-state index in [0.717, 1.165) is 10.0 Å². The molecule has 0 aromatic heterocycles. The largest absolute Gasteiger partial charge is 0.492 e. The number of aliphatic hydroxyl groups is 1. The molecular weight excluding hydrogens is 288 g/mol. The summed E-state index contributed by atoms with van der Waals surface area (Å²) in [5.74, 6) is 0.310. The number of ether oxygens (including phenoxy) is 2. The minimum atomic E-state index is -0.315. The topological polar surface area (TPSA) is 55.8 Å². The Morgan fingerprint density at radius 1 is 1.47 bits per heavy atom. The maximum absolute atomic E-state index is 10.9. The second-order valence-corrected chi connectivity index (χ2v) is 4.46. The number of rotatable bonds is 5. The van der Waals surface area contributed by atoms with Gasteiger partial charge in [0.05, 0.1) is 26.7 Å². The molecule has 0 aliphatic carbocycles. The molecule has 0 saturated heterocycles. The molecule has 5 heteroatoms. The van der Waals surface area contributed by atoms with E-state index in [1.807, 2.05) is 13.0 Å². The van der Waals surface area contributed by atoms with Gasteiger partial charge in [0.1, 0.15) is 5.75 Å². The first-order valence-corrected chi connectivity index (χ1v) is 5.97. The predicted octanol–water partition coefficient (Wildman–Crippen LogP) is 2.19. The fraction of sp³-hybridized carbons (Fsp3) is 0.417. The number of carbonyl (C=O) groups is 1. The molecule has 0 bridgehead atoms. The van der Waals surface area contributed by atoms with Gasteiger partial charge in [-0.3, -0.25) is 4.79 Å². The van der Waals surface area contributed by atoms with E-state index in [9.17, 15) is 9.90 Å². The molecule has 17 heavy (non-hydrogen) atoms. The van der Waals surface area contributed by atoms with Crippen molar-refractivity contribution in [1.29, 1.82) is 0 Å². The van der Waals surface area contributed by atoms with Crippen LogP contribution in [0.3, 0.4) is 0 Å². The maximum Gasteiger partial charge on any atom is 0.308 e. The van der Waals surface area contributed by atoms with Gasteiger partial charge in [-0.2, -0.15) is 0 Å². The van der Waals surface area contributed by atoms with Crippen molar-refractivity contribution < 1.29 is 19.4 Å². The van der Waals surface area contributed by atoms with Crippen molar-refractivity contribution in [2.75, 3.05) is 13.7 Å². The number of hydrogen-bond donors (Lipinski definition) is 1. The zero-order valence-corrected chi connectivity index (χ0v) is 11.4. The molecule has 4 nitrogen and oxygen atoms in total. The molecule has 0 atom stereocenters. The van der Waals surface area contributed by atoms with Crippen LogP contribution in [0, 0.1) is 6.92 Å². The first-order chi connectivity index (χ1) is 8.08. The summed E-state index contributed by atoms with van der Waals surface area (Å²) in [6.45, 7) is 2.02. The molecule has 0 aliphatic heterocycles. The standard InChI is InChI=1S/C12H15BrO4/c1-8-5-10(13)6-9(7-14)12(8)17-4-3-11(15)16-2/h5-6,14H,3-4,7H2,1-2H3. The SMILES string of the molecule is COC(=O)CCOc1c(C)cc(Br)cc1CO. The normalized spacial score (nSPS) is 10.1. The fourth-order valence-corrected chi connectivity index (χ4v) is 2.08. The summed E-state index contributed by atoms with van der Waals surface area (Å²) in [4.78, 5) is 10.9. The van der Waals surface area contributed by atoms with Crippen LogP contribution in [0.25, 0.3) is 0 Å². The third-order valence-electron chi connectivity index (χ3n) is 2.27. The fourth-order valence-electron chi connectivity index (χ4n) is 1.46. The van der Waals surface area contributed by atoms with Gasteiger partial charge < -0.3 is 14.6 Å². The van der Waals surface area contributed by atoms with Gasteiger partial charge in [-0.05, 0) is 24.6 Å². The van der Waals surface area contributed by atoms with Crippen LogP contribution in [0.1, 0.15) is 17.5 Å². The lowest BCUT2D eigenvalue weighted by Gasteiger charge is -2.13. The van der Waals surface area contributed by atoms with Crippen LogP contribution in [-0.2, 0) is 16.1 Å². The van der Waals surface area contributed by atoms with Crippen LogP contribution in [0.2, 0.25) is 0 Å². The van der Waals surface area contributed by atoms with Gasteiger partial charge in [0, 0.05) is 10.0 Å². The van der Waals surface area contributed by atoms with E-state index in [2.05, 4.69) is 20.7 Å². The van der Waals surface area contributed by atoms with Gasteiger partial charge in [-0.25, -0.2) is 0 Å². The lowest BCUT2D eigenvalue weighted by molar-refractivity contribution is -0.141. The van der Waals surface area contributed by atoms with Crippen molar-refractivity contribution in [2.45, 2.75) is 20.0 Å². The van der Waals surface area contributed by atoms with Gasteiger partial charge in [0.15, 0.2) is 0 Å². The van der Waals surface area contributed by atoms with Gasteiger partial charge in [0.25, 0.3) is 0 Å². The highest BCUT2D eigenvalue weighted by atomic mass is 79.9. The Bertz CT molecular complexity index is 404. The summed E-state index contributed by atoms with van der Waals surface area (Å²) in [5, 5.41) is 9.23. The summed E-state index contributed by atoms with van der Waals surface area (Å²) < 4.78 is 10.9. The molecule has 0 amide bonds. The van der Waals surface area contributed by atoms with Crippen LogP contribution in [0.5, 0.6) is 5.75 Å². The molecule has 1 rings (SSSR count). The highest BCUT2D eigenvalue weighted by Crippen LogP contribution is 2.28. The minimum Gasteiger partial charge on any atom is -0.492 e. The van der Waals surface area contributed by atoms with Gasteiger partial charge in [0.2, 0.25) is 0 Å². The molecule has 0 aliphatic rings. The minimum absolute atomic E-state index is 0.103. The van der Waals surface area contributed by atoms with Crippen molar-refractivity contribution in [2.24, 2.45) is 0 Å². The average Bonchev–Trinajstić information content (AvgIpc) is 2.30. The average molecular weight is 303 g/mol. The van der Waals surface area contributed by atoms with Gasteiger partial charge >= 0.3 is 5.97 Å². The first kappa shape index (κ1) is 14.0.